The van der Waals surface area contributed by atoms with E-state index in [1.54, 1.807) is 40.1 Å². The summed E-state index contributed by atoms with van der Waals surface area (Å²) >= 11 is 1.33. The smallest absolute Gasteiger partial charge is 0.328 e. The number of primary amides is 1. The molecule has 110 heavy (non-hydrogen) atoms. The van der Waals surface area contributed by atoms with Crippen LogP contribution < -0.4 is 81.8 Å². The molecule has 12 atom stereocenters. The molecule has 0 bridgehead atoms. The number of nitrogens with zero attached hydrogens (tertiary/aromatic N) is 5. The van der Waals surface area contributed by atoms with Crippen molar-refractivity contribution >= 4 is 105 Å². The molecule has 6 rings (SSSR count). The number of aliphatic imine (C=N–C) groups is 1. The third kappa shape index (κ3) is 28.2. The van der Waals surface area contributed by atoms with Crippen molar-refractivity contribution in [3.8, 4) is 0 Å². The Kier molecular flexibility index (Phi) is 35.5. The first kappa shape index (κ1) is 87.9. The minimum absolute atomic E-state index is 0.00223. The summed E-state index contributed by atoms with van der Waals surface area (Å²) in [5, 5.41) is 46.3. The van der Waals surface area contributed by atoms with Gasteiger partial charge in [-0.05, 0) is 113 Å². The number of para-hydroxylation sites is 1. The lowest BCUT2D eigenvalue weighted by Gasteiger charge is -2.29. The average molecular weight is 1560 g/mol. The highest BCUT2D eigenvalue weighted by Gasteiger charge is 2.41. The lowest BCUT2D eigenvalue weighted by Crippen LogP contribution is -2.61. The lowest BCUT2D eigenvalue weighted by atomic mass is 10.00. The first-order valence-corrected chi connectivity index (χ1v) is 37.8. The highest BCUT2D eigenvalue weighted by atomic mass is 32.2. The summed E-state index contributed by atoms with van der Waals surface area (Å²) in [5.41, 5.74) is 31.9. The third-order valence-electron chi connectivity index (χ3n) is 18.0. The molecule has 1 aliphatic rings. The normalized spacial score (nSPS) is 15.7. The summed E-state index contributed by atoms with van der Waals surface area (Å²) in [6.07, 6.45) is 11.5. The van der Waals surface area contributed by atoms with Crippen molar-refractivity contribution in [1.82, 2.24) is 93.0 Å². The number of hydrogen-bond acceptors (Lipinski definition) is 21. The van der Waals surface area contributed by atoms with Crippen molar-refractivity contribution in [2.24, 2.45) is 45.5 Å². The fourth-order valence-corrected chi connectivity index (χ4v) is 12.8. The van der Waals surface area contributed by atoms with E-state index in [0.29, 0.717) is 35.7 Å². The number of rotatable bonds is 48. The van der Waals surface area contributed by atoms with Crippen molar-refractivity contribution in [3.05, 3.63) is 90.7 Å². The second-order valence-corrected chi connectivity index (χ2v) is 28.8. The number of carbonyl (C=O) groups excluding carboxylic acids is 12. The molecule has 39 nitrogen and oxygen atoms in total. The number of aliphatic carboxylic acids is 1. The van der Waals surface area contributed by atoms with Crippen LogP contribution in [0.4, 0.5) is 0 Å². The maximum atomic E-state index is 14.8. The van der Waals surface area contributed by atoms with E-state index in [0.717, 1.165) is 16.5 Å². The summed E-state index contributed by atoms with van der Waals surface area (Å²) in [5.74, 6) is -12.6. The Labute approximate surface area is 639 Å². The van der Waals surface area contributed by atoms with Crippen LogP contribution in [0, 0.1) is 11.8 Å². The van der Waals surface area contributed by atoms with Crippen LogP contribution in [0.5, 0.6) is 0 Å². The number of carbonyl (C=O) groups is 13. The van der Waals surface area contributed by atoms with Gasteiger partial charge in [0.1, 0.15) is 66.5 Å². The molecule has 1 aromatic carbocycles. The van der Waals surface area contributed by atoms with Crippen molar-refractivity contribution < 1.29 is 72.5 Å². The minimum atomic E-state index is -1.75. The predicted octanol–water partition coefficient (Wildman–Crippen LogP) is -4.25. The quantitative estimate of drug-likeness (QED) is 0.00996. The summed E-state index contributed by atoms with van der Waals surface area (Å²) < 4.78 is 0. The highest BCUT2D eigenvalue weighted by molar-refractivity contribution is 7.98. The van der Waals surface area contributed by atoms with E-state index >= 15 is 0 Å². The summed E-state index contributed by atoms with van der Waals surface area (Å²) in [6, 6.07) is -9.53. The fraction of sp³-hybridized carbons (Fsp3) is 0.557. The van der Waals surface area contributed by atoms with E-state index in [-0.39, 0.29) is 114 Å². The van der Waals surface area contributed by atoms with Crippen LogP contribution in [-0.4, -0.2) is 244 Å². The number of aliphatic hydroxyl groups is 1. The zero-order chi connectivity index (χ0) is 80.6. The van der Waals surface area contributed by atoms with Gasteiger partial charge < -0.3 is 117 Å². The average Bonchev–Trinajstić information content (AvgIpc) is 1.64. The Morgan fingerprint density at radius 3 is 1.45 bits per heavy atom. The van der Waals surface area contributed by atoms with Gasteiger partial charge in [0.05, 0.1) is 38.1 Å². The largest absolute Gasteiger partial charge is 0.480 e. The number of thioether (sulfide) groups is 1. The van der Waals surface area contributed by atoms with Gasteiger partial charge in [0.2, 0.25) is 70.9 Å². The Bertz CT molecular complexity index is 3890. The molecule has 1 aliphatic heterocycles. The van der Waals surface area contributed by atoms with Crippen LogP contribution in [0.15, 0.2) is 73.0 Å². The molecule has 5 aromatic rings. The highest BCUT2D eigenvalue weighted by Crippen LogP contribution is 2.23. The molecule has 5 heterocycles. The molecule has 1 saturated heterocycles. The molecule has 40 heteroatoms. The molecule has 0 spiro atoms. The van der Waals surface area contributed by atoms with Gasteiger partial charge in [-0.2, -0.15) is 11.8 Å². The number of nitrogens with two attached hydrogens (primary N) is 5. The van der Waals surface area contributed by atoms with Gasteiger partial charge >= 0.3 is 5.97 Å². The number of guanidine groups is 1. The molecular weight excluding hydrogens is 1450 g/mol. The molecule has 0 radical (unpaired) electrons. The minimum Gasteiger partial charge on any atom is -0.480 e. The number of imidazole rings is 3. The third-order valence-corrected chi connectivity index (χ3v) is 18.7. The molecular formula is C70H106N24O15S. The molecule has 0 aliphatic carbocycles. The number of aromatic nitrogens is 7. The van der Waals surface area contributed by atoms with Crippen molar-refractivity contribution in [1.29, 1.82) is 0 Å². The van der Waals surface area contributed by atoms with E-state index in [1.165, 1.54) is 54.2 Å². The van der Waals surface area contributed by atoms with E-state index in [9.17, 15) is 72.5 Å². The monoisotopic (exact) mass is 1550 g/mol. The van der Waals surface area contributed by atoms with Gasteiger partial charge in [-0.15, -0.1) is 0 Å². The Hall–Kier alpha value is -11.0. The van der Waals surface area contributed by atoms with Crippen molar-refractivity contribution in [2.45, 2.75) is 197 Å². The van der Waals surface area contributed by atoms with Crippen molar-refractivity contribution in [2.75, 3.05) is 38.2 Å². The van der Waals surface area contributed by atoms with Gasteiger partial charge in [0, 0.05) is 85.1 Å². The number of aromatic amines is 4. The van der Waals surface area contributed by atoms with Crippen LogP contribution in [0.25, 0.3) is 10.9 Å². The fourth-order valence-electron chi connectivity index (χ4n) is 12.4. The van der Waals surface area contributed by atoms with Gasteiger partial charge in [0.25, 0.3) is 0 Å². The second kappa shape index (κ2) is 44.5. The number of benzene rings is 1. The van der Waals surface area contributed by atoms with Crippen LogP contribution in [0.1, 0.15) is 121 Å². The van der Waals surface area contributed by atoms with Crippen LogP contribution in [-0.2, 0) is 88.0 Å². The first-order valence-electron chi connectivity index (χ1n) is 36.4. The number of H-pyrrole nitrogens is 4. The summed E-state index contributed by atoms with van der Waals surface area (Å²) in [7, 11) is 0. The number of unbranched alkanes of at least 4 members (excludes halogenated alkanes) is 1. The van der Waals surface area contributed by atoms with Gasteiger partial charge in [-0.3, -0.25) is 62.5 Å². The molecule has 4 aromatic heterocycles. The molecule has 12 amide bonds. The Balaban J connectivity index is 1.19. The van der Waals surface area contributed by atoms with Crippen LogP contribution >= 0.6 is 11.8 Å². The maximum Gasteiger partial charge on any atom is 0.328 e. The standard InChI is InChI=1S/C70H106N24O15S/c1-37(2)22-49(61(100)86-48(17-21-110-5)60(99)84-47(15-10-19-79-70(74)75)59(98)89-52(26-41-31-77-35-82-41)65(104)93-55(33-95)69(108)109)88-63(102)51(25-40-30-76-34-81-40)90-62(101)50(23-38(3)4)87-58(97)46(14-8-9-18-71)85-66(105)54(28-57(73)96)91-64(103)53(27-42-32-78-36-83-42)92-67(106)56-16-11-20-94(56)68(107)44(72)24-39-29-80-45-13-7-6-12-43(39)45/h6-7,12-13,29-32,34-38,44,46-56,80,95H,8-11,14-28,33,71-72H2,1-5H3,(H2,73,96)(H,76,81)(H,77,82)(H,78,83)(H,84,99)(H,85,105)(H,86,100)(H,87,97)(H,88,102)(H,89,98)(H,90,101)(H,91,103)(H,92,106)(H,93,104)(H,108,109)(H4,74,75,79)/t44-,46-,47-,48-,49-,50-,51-,52-,53-,54-,55-,56-/m0/s1. The zero-order valence-corrected chi connectivity index (χ0v) is 63.1. The number of aliphatic hydroxyl groups excluding tert-OH is 1. The van der Waals surface area contributed by atoms with Gasteiger partial charge in [-0.25, -0.2) is 19.7 Å². The number of carboxylic acids is 1. The predicted molar refractivity (Wildman–Crippen MR) is 404 cm³/mol. The topological polar surface area (TPSA) is 630 Å². The Morgan fingerprint density at radius 1 is 0.564 bits per heavy atom. The van der Waals surface area contributed by atoms with Crippen LogP contribution in [0.3, 0.4) is 0 Å². The number of amides is 12. The lowest BCUT2D eigenvalue weighted by molar-refractivity contribution is -0.143. The van der Waals surface area contributed by atoms with E-state index in [4.69, 9.17) is 28.7 Å². The molecule has 26 N–H and O–H groups in total. The number of nitrogens with one attached hydrogen (secondary N) is 14. The van der Waals surface area contributed by atoms with Gasteiger partial charge in [-0.1, -0.05) is 45.9 Å². The number of fused-ring (bicyclic) bond motifs is 1. The molecule has 602 valence electrons. The van der Waals surface area contributed by atoms with Crippen molar-refractivity contribution in [3.63, 3.8) is 0 Å². The molecule has 1 fully saturated rings. The van der Waals surface area contributed by atoms with Crippen LogP contribution in [0.2, 0.25) is 0 Å². The van der Waals surface area contributed by atoms with E-state index in [1.807, 2.05) is 24.3 Å². The first-order chi connectivity index (χ1) is 52.5. The second-order valence-electron chi connectivity index (χ2n) is 27.8. The SMILES string of the molecule is CSCC[C@H](NC(=O)[C@H](CC(C)C)NC(=O)[C@H](Cc1cnc[nH]1)NC(=O)[C@H](CC(C)C)NC(=O)[C@H](CCCCN)NC(=O)[C@H](CC(N)=O)NC(=O)[C@H](Cc1cnc[nH]1)NC(=O)[C@@H]1CCCN1C(=O)[C@@H](N)Cc1c[nH]c2ccccc12)C(=O)N[C@@H](CCCN=C(N)N)C(=O)N[C@@H](Cc1cnc[nH]1)C(=O)N[C@@H](CO)C(=O)O. The number of carboxylic acid groups (broad SMARTS) is 1. The number of hydrogen-bond donors (Lipinski definition) is 21. The summed E-state index contributed by atoms with van der Waals surface area (Å²) in [6.45, 7) is 6.48. The zero-order valence-electron chi connectivity index (χ0n) is 62.3. The number of likely N-dealkylation sites (tertiary alicyclic amines) is 1. The van der Waals surface area contributed by atoms with Gasteiger partial charge in [0.15, 0.2) is 5.96 Å². The molecule has 0 saturated carbocycles. The Morgan fingerprint density at radius 2 is 1.00 bits per heavy atom. The summed E-state index contributed by atoms with van der Waals surface area (Å²) in [4.78, 5) is 212. The molecule has 0 unspecified atom stereocenters. The van der Waals surface area contributed by atoms with E-state index in [2.05, 4.69) is 93.0 Å². The maximum absolute atomic E-state index is 14.8. The van der Waals surface area contributed by atoms with E-state index < -0.39 is 162 Å².